The van der Waals surface area contributed by atoms with E-state index in [9.17, 15) is 5.11 Å². The summed E-state index contributed by atoms with van der Waals surface area (Å²) in [5.41, 5.74) is 0.374. The molecule has 1 unspecified atom stereocenters. The minimum absolute atomic E-state index is 0.763. The first kappa shape index (κ1) is 8.54. The molecule has 0 amide bonds. The lowest BCUT2D eigenvalue weighted by Gasteiger charge is -2.25. The van der Waals surface area contributed by atoms with E-state index in [4.69, 9.17) is 0 Å². The van der Waals surface area contributed by atoms with Crippen LogP contribution >= 0.6 is 0 Å². The highest BCUT2D eigenvalue weighted by atomic mass is 16.3. The molecule has 0 heterocycles. The van der Waals surface area contributed by atoms with Crippen LogP contribution in [0.25, 0.3) is 0 Å². The molecule has 0 aromatic carbocycles. The summed E-state index contributed by atoms with van der Waals surface area (Å²) in [5.74, 6) is 0. The molecule has 1 nitrogen and oxygen atoms in total. The van der Waals surface area contributed by atoms with E-state index in [1.165, 1.54) is 12.8 Å². The molecule has 1 rings (SSSR count). The zero-order valence-electron chi connectivity index (χ0n) is 7.14. The van der Waals surface area contributed by atoms with Crippen molar-refractivity contribution in [3.05, 3.63) is 24.3 Å². The average molecular weight is 152 g/mol. The highest BCUT2D eigenvalue weighted by molar-refractivity contribution is 5.23. The average Bonchev–Trinajstić information content (AvgIpc) is 2.06. The summed E-state index contributed by atoms with van der Waals surface area (Å²) in [5, 5.41) is 9.76. The molecule has 11 heavy (non-hydrogen) atoms. The van der Waals surface area contributed by atoms with Crippen LogP contribution in [0, 0.1) is 0 Å². The Balaban J connectivity index is 2.71. The summed E-state index contributed by atoms with van der Waals surface area (Å²) >= 11 is 0. The molecular weight excluding hydrogens is 136 g/mol. The van der Waals surface area contributed by atoms with Gasteiger partial charge in [0.1, 0.15) is 5.60 Å². The molecular formula is C10H16O. The van der Waals surface area contributed by atoms with Gasteiger partial charge in [-0.05, 0) is 38.2 Å². The molecule has 1 N–H and O–H groups in total. The third-order valence-corrected chi connectivity index (χ3v) is 2.34. The Bertz CT molecular complexity index is 177. The maximum absolute atomic E-state index is 9.76. The van der Waals surface area contributed by atoms with E-state index in [-0.39, 0.29) is 0 Å². The van der Waals surface area contributed by atoms with Gasteiger partial charge in [-0.3, -0.25) is 0 Å². The van der Waals surface area contributed by atoms with E-state index in [1.807, 2.05) is 0 Å². The largest absolute Gasteiger partial charge is 0.382 e. The topological polar surface area (TPSA) is 20.2 Å². The van der Waals surface area contributed by atoms with Gasteiger partial charge in [0.15, 0.2) is 0 Å². The van der Waals surface area contributed by atoms with Crippen LogP contribution in [0.1, 0.15) is 32.6 Å². The summed E-state index contributed by atoms with van der Waals surface area (Å²) in [4.78, 5) is 0. The van der Waals surface area contributed by atoms with E-state index in [0.717, 1.165) is 18.4 Å². The highest BCUT2D eigenvalue weighted by Crippen LogP contribution is 2.27. The Morgan fingerprint density at radius 3 is 2.82 bits per heavy atom. The lowest BCUT2D eigenvalue weighted by Crippen LogP contribution is -2.24. The maximum Gasteiger partial charge on any atom is 0.101 e. The predicted molar refractivity (Wildman–Crippen MR) is 47.4 cm³/mol. The molecule has 0 aromatic rings. The summed E-state index contributed by atoms with van der Waals surface area (Å²) < 4.78 is 0. The number of rotatable bonds is 2. The summed E-state index contributed by atoms with van der Waals surface area (Å²) in [6.07, 6.45) is 8.36. The summed E-state index contributed by atoms with van der Waals surface area (Å²) in [7, 11) is 0. The van der Waals surface area contributed by atoms with Crippen molar-refractivity contribution in [3.8, 4) is 0 Å². The first-order chi connectivity index (χ1) is 5.17. The summed E-state index contributed by atoms with van der Waals surface area (Å²) in [6.45, 7) is 5.42. The molecule has 0 fully saturated rings. The van der Waals surface area contributed by atoms with E-state index in [1.54, 1.807) is 13.0 Å². The van der Waals surface area contributed by atoms with Gasteiger partial charge in [-0.25, -0.2) is 0 Å². The molecule has 0 bridgehead atoms. The highest BCUT2D eigenvalue weighted by Gasteiger charge is 2.21. The van der Waals surface area contributed by atoms with Crippen molar-refractivity contribution in [3.63, 3.8) is 0 Å². The van der Waals surface area contributed by atoms with Crippen molar-refractivity contribution in [2.45, 2.75) is 38.2 Å². The number of hydrogen-bond donors (Lipinski definition) is 1. The molecule has 0 aliphatic heterocycles. The van der Waals surface area contributed by atoms with Crippen molar-refractivity contribution in [1.82, 2.24) is 0 Å². The third-order valence-electron chi connectivity index (χ3n) is 2.34. The molecule has 1 atom stereocenters. The van der Waals surface area contributed by atoms with Crippen molar-refractivity contribution >= 4 is 0 Å². The molecule has 0 radical (unpaired) electrons. The molecule has 0 saturated carbocycles. The second-order valence-electron chi connectivity index (χ2n) is 3.33. The smallest absolute Gasteiger partial charge is 0.101 e. The molecule has 62 valence electrons. The molecule has 1 aliphatic carbocycles. The van der Waals surface area contributed by atoms with Gasteiger partial charge in [0.2, 0.25) is 0 Å². The summed E-state index contributed by atoms with van der Waals surface area (Å²) in [6, 6.07) is 0. The minimum Gasteiger partial charge on any atom is -0.382 e. The van der Waals surface area contributed by atoms with Crippen LogP contribution in [0.15, 0.2) is 24.3 Å². The maximum atomic E-state index is 9.76. The molecule has 1 aliphatic rings. The minimum atomic E-state index is -0.763. The predicted octanol–water partition coefficient (Wildman–Crippen LogP) is 2.42. The Kier molecular flexibility index (Phi) is 2.50. The second kappa shape index (κ2) is 3.22. The van der Waals surface area contributed by atoms with Gasteiger partial charge in [0, 0.05) is 0 Å². The van der Waals surface area contributed by atoms with Gasteiger partial charge in [-0.2, -0.15) is 0 Å². The fraction of sp³-hybridized carbons (Fsp3) is 0.600. The Labute approximate surface area is 68.4 Å². The lowest BCUT2D eigenvalue weighted by molar-refractivity contribution is 0.144. The fourth-order valence-electron chi connectivity index (χ4n) is 1.43. The quantitative estimate of drug-likeness (QED) is 0.602. The third kappa shape index (κ3) is 1.93. The van der Waals surface area contributed by atoms with Gasteiger partial charge in [0.05, 0.1) is 0 Å². The van der Waals surface area contributed by atoms with Crippen LogP contribution in [0.5, 0.6) is 0 Å². The zero-order chi connectivity index (χ0) is 8.32. The van der Waals surface area contributed by atoms with Crippen LogP contribution in [0.2, 0.25) is 0 Å². The number of aliphatic hydroxyl groups is 1. The van der Waals surface area contributed by atoms with Crippen LogP contribution in [0.4, 0.5) is 0 Å². The normalized spacial score (nSPS) is 23.6. The van der Waals surface area contributed by atoms with Crippen LogP contribution < -0.4 is 0 Å². The van der Waals surface area contributed by atoms with Gasteiger partial charge in [0.25, 0.3) is 0 Å². The fourth-order valence-corrected chi connectivity index (χ4v) is 1.43. The molecule has 0 aromatic heterocycles. The Hall–Kier alpha value is -0.560. The van der Waals surface area contributed by atoms with Gasteiger partial charge in [-0.15, -0.1) is 0 Å². The van der Waals surface area contributed by atoms with Crippen LogP contribution in [-0.4, -0.2) is 10.7 Å². The van der Waals surface area contributed by atoms with Crippen molar-refractivity contribution in [1.29, 1.82) is 0 Å². The monoisotopic (exact) mass is 152 g/mol. The van der Waals surface area contributed by atoms with E-state index >= 15 is 0 Å². The second-order valence-corrected chi connectivity index (χ2v) is 3.33. The van der Waals surface area contributed by atoms with Crippen molar-refractivity contribution in [2.24, 2.45) is 0 Å². The molecule has 1 heteroatoms. The van der Waals surface area contributed by atoms with Gasteiger partial charge >= 0.3 is 0 Å². The first-order valence-corrected chi connectivity index (χ1v) is 4.22. The van der Waals surface area contributed by atoms with Gasteiger partial charge in [-0.1, -0.05) is 18.7 Å². The van der Waals surface area contributed by atoms with Crippen molar-refractivity contribution in [2.75, 3.05) is 0 Å². The zero-order valence-corrected chi connectivity index (χ0v) is 7.14. The molecule has 0 saturated heterocycles. The van der Waals surface area contributed by atoms with Gasteiger partial charge < -0.3 is 5.11 Å². The Morgan fingerprint density at radius 1 is 1.64 bits per heavy atom. The SMILES string of the molecule is C=CC(C)(O)C1=CCCCC1. The number of hydrogen-bond acceptors (Lipinski definition) is 1. The number of allylic oxidation sites excluding steroid dienone is 1. The first-order valence-electron chi connectivity index (χ1n) is 4.22. The van der Waals surface area contributed by atoms with E-state index in [0.29, 0.717) is 0 Å². The van der Waals surface area contributed by atoms with Crippen LogP contribution in [0.3, 0.4) is 0 Å². The van der Waals surface area contributed by atoms with E-state index < -0.39 is 5.60 Å². The Morgan fingerprint density at radius 2 is 2.36 bits per heavy atom. The lowest BCUT2D eigenvalue weighted by atomic mass is 9.87. The molecule has 0 spiro atoms. The standard InChI is InChI=1S/C10H16O/c1-3-10(2,11)9-7-5-4-6-8-9/h3,7,11H,1,4-6,8H2,2H3. The van der Waals surface area contributed by atoms with Crippen molar-refractivity contribution < 1.29 is 5.11 Å². The van der Waals surface area contributed by atoms with Crippen LogP contribution in [-0.2, 0) is 0 Å². The van der Waals surface area contributed by atoms with E-state index in [2.05, 4.69) is 12.7 Å².